The summed E-state index contributed by atoms with van der Waals surface area (Å²) in [7, 11) is 0. The molecule has 6 heteroatoms. The van der Waals surface area contributed by atoms with Crippen LogP contribution in [0.25, 0.3) is 22.7 Å². The molecule has 2 aromatic heterocycles. The van der Waals surface area contributed by atoms with Crippen LogP contribution in [0.1, 0.15) is 13.8 Å². The van der Waals surface area contributed by atoms with Crippen molar-refractivity contribution in [2.75, 3.05) is 6.61 Å². The minimum Gasteiger partial charge on any atom is -0.491 e. The maximum absolute atomic E-state index is 9.79. The third-order valence-corrected chi connectivity index (χ3v) is 3.79. The summed E-state index contributed by atoms with van der Waals surface area (Å²) in [6.45, 7) is 3.08. The van der Waals surface area contributed by atoms with Crippen molar-refractivity contribution in [1.82, 2.24) is 9.97 Å². The first kappa shape index (κ1) is 17.1. The summed E-state index contributed by atoms with van der Waals surface area (Å²) in [5.74, 6) is 1.11. The van der Waals surface area contributed by atoms with Gasteiger partial charge in [-0.1, -0.05) is 0 Å². The molecule has 1 aromatic carbocycles. The Kier molecular flexibility index (Phi) is 4.83. The van der Waals surface area contributed by atoms with E-state index in [1.54, 1.807) is 30.8 Å². The minimum atomic E-state index is -1.21. The van der Waals surface area contributed by atoms with E-state index >= 15 is 0 Å². The number of rotatable bonds is 6. The van der Waals surface area contributed by atoms with Crippen LogP contribution in [-0.2, 0) is 0 Å². The summed E-state index contributed by atoms with van der Waals surface area (Å²) in [5.41, 5.74) is 1.20. The third kappa shape index (κ3) is 4.23. The summed E-state index contributed by atoms with van der Waals surface area (Å²) in [6.07, 6.45) is 4.02. The van der Waals surface area contributed by atoms with E-state index in [0.717, 1.165) is 11.1 Å². The monoisotopic (exact) mass is 340 g/mol. The Morgan fingerprint density at radius 3 is 2.56 bits per heavy atom. The van der Waals surface area contributed by atoms with Crippen LogP contribution in [-0.4, -0.2) is 38.5 Å². The van der Waals surface area contributed by atoms with Crippen molar-refractivity contribution in [2.24, 2.45) is 0 Å². The molecule has 6 nitrogen and oxygen atoms in total. The highest BCUT2D eigenvalue weighted by atomic mass is 16.5. The molecule has 25 heavy (non-hydrogen) atoms. The molecule has 0 bridgehead atoms. The zero-order chi connectivity index (χ0) is 17.9. The van der Waals surface area contributed by atoms with Crippen LogP contribution in [0, 0.1) is 0 Å². The number of aliphatic hydroxyl groups is 2. The fourth-order valence-electron chi connectivity index (χ4n) is 2.13. The van der Waals surface area contributed by atoms with Crippen molar-refractivity contribution in [3.8, 4) is 28.5 Å². The maximum atomic E-state index is 9.79. The number of benzene rings is 1. The van der Waals surface area contributed by atoms with Crippen molar-refractivity contribution in [2.45, 2.75) is 25.6 Å². The predicted octanol–water partition coefficient (Wildman–Crippen LogP) is 2.91. The molecule has 0 fully saturated rings. The molecule has 0 saturated carbocycles. The van der Waals surface area contributed by atoms with Crippen LogP contribution in [0.5, 0.6) is 5.75 Å². The fraction of sp³-hybridized carbons (Fsp3) is 0.263. The van der Waals surface area contributed by atoms with Gasteiger partial charge in [0.2, 0.25) is 5.89 Å². The second kappa shape index (κ2) is 7.04. The van der Waals surface area contributed by atoms with E-state index in [1.807, 2.05) is 24.3 Å². The van der Waals surface area contributed by atoms with Crippen LogP contribution >= 0.6 is 0 Å². The number of hydrogen-bond donors (Lipinski definition) is 2. The summed E-state index contributed by atoms with van der Waals surface area (Å²) >= 11 is 0. The number of nitrogens with zero attached hydrogens (tertiary/aromatic N) is 2. The van der Waals surface area contributed by atoms with Gasteiger partial charge in [-0.3, -0.25) is 4.98 Å². The number of aliphatic hydroxyl groups excluding tert-OH is 1. The highest BCUT2D eigenvalue weighted by Crippen LogP contribution is 2.25. The van der Waals surface area contributed by atoms with Crippen LogP contribution < -0.4 is 4.74 Å². The number of aromatic nitrogens is 2. The highest BCUT2D eigenvalue weighted by Gasteiger charge is 2.24. The molecule has 0 amide bonds. The maximum Gasteiger partial charge on any atom is 0.228 e. The molecule has 0 radical (unpaired) electrons. The molecule has 3 aromatic rings. The predicted molar refractivity (Wildman–Crippen MR) is 93.0 cm³/mol. The van der Waals surface area contributed by atoms with Gasteiger partial charge in [0.1, 0.15) is 30.4 Å². The fourth-order valence-corrected chi connectivity index (χ4v) is 2.13. The molecule has 0 aliphatic rings. The SMILES string of the molecule is CC(C)(O)C(O)COc1ccc(-c2coc(-c3cccnc3)n2)cc1. The van der Waals surface area contributed by atoms with E-state index in [4.69, 9.17) is 9.15 Å². The van der Waals surface area contributed by atoms with Gasteiger partial charge in [0, 0.05) is 18.0 Å². The quantitative estimate of drug-likeness (QED) is 0.717. The number of ether oxygens (including phenoxy) is 1. The minimum absolute atomic E-state index is 0.0119. The van der Waals surface area contributed by atoms with Gasteiger partial charge in [-0.15, -0.1) is 0 Å². The largest absolute Gasteiger partial charge is 0.491 e. The molecular formula is C19H20N2O4. The summed E-state index contributed by atoms with van der Waals surface area (Å²) in [6, 6.07) is 11.0. The Bertz CT molecular complexity index is 807. The highest BCUT2D eigenvalue weighted by molar-refractivity contribution is 5.62. The molecule has 1 atom stereocenters. The Hall–Kier alpha value is -2.70. The van der Waals surface area contributed by atoms with Gasteiger partial charge in [-0.25, -0.2) is 4.98 Å². The zero-order valence-corrected chi connectivity index (χ0v) is 14.1. The Morgan fingerprint density at radius 2 is 1.92 bits per heavy atom. The van der Waals surface area contributed by atoms with Gasteiger partial charge in [0.25, 0.3) is 0 Å². The Balaban J connectivity index is 1.68. The van der Waals surface area contributed by atoms with E-state index in [2.05, 4.69) is 9.97 Å². The first-order valence-electron chi connectivity index (χ1n) is 7.93. The van der Waals surface area contributed by atoms with E-state index in [1.165, 1.54) is 13.8 Å². The standard InChI is InChI=1S/C19H20N2O4/c1-19(2,23)17(22)12-24-15-7-5-13(6-8-15)16-11-25-18(21-16)14-4-3-9-20-10-14/h3-11,17,22-23H,12H2,1-2H3. The third-order valence-electron chi connectivity index (χ3n) is 3.79. The average Bonchev–Trinajstić information content (AvgIpc) is 3.10. The molecular weight excluding hydrogens is 320 g/mol. The van der Waals surface area contributed by atoms with E-state index in [-0.39, 0.29) is 6.61 Å². The molecule has 130 valence electrons. The van der Waals surface area contributed by atoms with Gasteiger partial charge in [-0.2, -0.15) is 0 Å². The lowest BCUT2D eigenvalue weighted by atomic mass is 10.0. The number of oxazole rings is 1. The summed E-state index contributed by atoms with van der Waals surface area (Å²) in [5, 5.41) is 19.5. The lowest BCUT2D eigenvalue weighted by Crippen LogP contribution is -2.40. The molecule has 0 aliphatic carbocycles. The first-order chi connectivity index (χ1) is 11.9. The van der Waals surface area contributed by atoms with Crippen molar-refractivity contribution < 1.29 is 19.4 Å². The molecule has 2 heterocycles. The summed E-state index contributed by atoms with van der Waals surface area (Å²) in [4.78, 5) is 8.52. The second-order valence-corrected chi connectivity index (χ2v) is 6.28. The Morgan fingerprint density at radius 1 is 1.16 bits per heavy atom. The number of hydrogen-bond acceptors (Lipinski definition) is 6. The van der Waals surface area contributed by atoms with Crippen LogP contribution in [0.15, 0.2) is 59.5 Å². The normalized spacial score (nSPS) is 12.8. The van der Waals surface area contributed by atoms with Gasteiger partial charge < -0.3 is 19.4 Å². The van der Waals surface area contributed by atoms with Gasteiger partial charge in [-0.05, 0) is 50.2 Å². The van der Waals surface area contributed by atoms with E-state index in [0.29, 0.717) is 17.3 Å². The topological polar surface area (TPSA) is 88.6 Å². The van der Waals surface area contributed by atoms with Gasteiger partial charge in [0.15, 0.2) is 0 Å². The molecule has 0 spiro atoms. The van der Waals surface area contributed by atoms with Gasteiger partial charge in [0.05, 0.1) is 11.2 Å². The molecule has 0 saturated heterocycles. The van der Waals surface area contributed by atoms with Gasteiger partial charge >= 0.3 is 0 Å². The van der Waals surface area contributed by atoms with Crippen LogP contribution in [0.4, 0.5) is 0 Å². The molecule has 0 aliphatic heterocycles. The lowest BCUT2D eigenvalue weighted by molar-refractivity contribution is -0.0661. The molecule has 1 unspecified atom stereocenters. The van der Waals surface area contributed by atoms with E-state index in [9.17, 15) is 10.2 Å². The van der Waals surface area contributed by atoms with Crippen LogP contribution in [0.3, 0.4) is 0 Å². The zero-order valence-electron chi connectivity index (χ0n) is 14.1. The smallest absolute Gasteiger partial charge is 0.228 e. The Labute approximate surface area is 145 Å². The molecule has 3 rings (SSSR count). The first-order valence-corrected chi connectivity index (χ1v) is 7.93. The summed E-state index contributed by atoms with van der Waals surface area (Å²) < 4.78 is 11.0. The van der Waals surface area contributed by atoms with Crippen LogP contribution in [0.2, 0.25) is 0 Å². The lowest BCUT2D eigenvalue weighted by Gasteiger charge is -2.24. The van der Waals surface area contributed by atoms with Crippen molar-refractivity contribution in [1.29, 1.82) is 0 Å². The molecule has 2 N–H and O–H groups in total. The van der Waals surface area contributed by atoms with E-state index < -0.39 is 11.7 Å². The average molecular weight is 340 g/mol. The van der Waals surface area contributed by atoms with Crippen molar-refractivity contribution in [3.63, 3.8) is 0 Å². The second-order valence-electron chi connectivity index (χ2n) is 6.28. The van der Waals surface area contributed by atoms with Crippen molar-refractivity contribution >= 4 is 0 Å². The number of pyridine rings is 1. The van der Waals surface area contributed by atoms with Crippen molar-refractivity contribution in [3.05, 3.63) is 55.1 Å².